The van der Waals surface area contributed by atoms with Gasteiger partial charge in [-0.25, -0.2) is 4.39 Å². The highest BCUT2D eigenvalue weighted by Crippen LogP contribution is 2.25. The van der Waals surface area contributed by atoms with Gasteiger partial charge < -0.3 is 10.1 Å². The number of thioether (sulfide) groups is 1. The van der Waals surface area contributed by atoms with Crippen molar-refractivity contribution < 1.29 is 13.9 Å². The lowest BCUT2D eigenvalue weighted by molar-refractivity contribution is -0.116. The third kappa shape index (κ3) is 3.44. The maximum absolute atomic E-state index is 13.8. The van der Waals surface area contributed by atoms with Crippen LogP contribution in [0.1, 0.15) is 5.56 Å². The van der Waals surface area contributed by atoms with Crippen LogP contribution < -0.4 is 10.1 Å². The number of ether oxygens (including phenoxy) is 1. The van der Waals surface area contributed by atoms with Gasteiger partial charge in [0.15, 0.2) is 16.7 Å². The Hall–Kier alpha value is -1.16. The number of amidine groups is 1. The largest absolute Gasteiger partial charge is 0.493 e. The molecule has 0 bridgehead atoms. The Bertz CT molecular complexity index is 577. The van der Waals surface area contributed by atoms with Crippen molar-refractivity contribution in [3.8, 4) is 5.75 Å². The Morgan fingerprint density at radius 2 is 2.37 bits per heavy atom. The number of hydrogen-bond donors (Lipinski definition) is 1. The molecule has 0 unspecified atom stereocenters. The molecule has 1 saturated heterocycles. The van der Waals surface area contributed by atoms with Gasteiger partial charge in [-0.3, -0.25) is 4.79 Å². The first-order valence-electron chi connectivity index (χ1n) is 5.17. The quantitative estimate of drug-likeness (QED) is 0.486. The minimum absolute atomic E-state index is 0.100. The van der Waals surface area contributed by atoms with Crippen molar-refractivity contribution in [2.75, 3.05) is 12.9 Å². The summed E-state index contributed by atoms with van der Waals surface area (Å²) in [5.41, 5.74) is 0.485. The number of amides is 1. The normalized spacial score (nSPS) is 17.2. The van der Waals surface area contributed by atoms with Crippen molar-refractivity contribution in [1.29, 1.82) is 0 Å². The molecule has 2 rings (SSSR count). The Morgan fingerprint density at radius 1 is 1.58 bits per heavy atom. The molecule has 0 saturated carbocycles. The molecule has 0 atom stereocenters. The van der Waals surface area contributed by atoms with E-state index < -0.39 is 5.82 Å². The van der Waals surface area contributed by atoms with Crippen LogP contribution in [0.2, 0.25) is 0 Å². The van der Waals surface area contributed by atoms with E-state index in [2.05, 4.69) is 15.5 Å². The van der Waals surface area contributed by atoms with Gasteiger partial charge >= 0.3 is 0 Å². The van der Waals surface area contributed by atoms with Crippen LogP contribution in [0, 0.1) is 9.39 Å². The van der Waals surface area contributed by atoms with Crippen molar-refractivity contribution in [3.05, 3.63) is 27.1 Å². The van der Waals surface area contributed by atoms with Gasteiger partial charge in [0.25, 0.3) is 0 Å². The summed E-state index contributed by atoms with van der Waals surface area (Å²) in [6.45, 7) is 0. The summed E-state index contributed by atoms with van der Waals surface area (Å²) >= 11 is 3.15. The van der Waals surface area contributed by atoms with E-state index in [-0.39, 0.29) is 11.7 Å². The summed E-state index contributed by atoms with van der Waals surface area (Å²) in [5, 5.41) is 10.6. The molecule has 1 aromatic rings. The molecule has 1 amide bonds. The van der Waals surface area contributed by atoms with Gasteiger partial charge in [-0.1, -0.05) is 11.8 Å². The molecule has 19 heavy (non-hydrogen) atoms. The highest BCUT2D eigenvalue weighted by Gasteiger charge is 2.16. The lowest BCUT2D eigenvalue weighted by atomic mass is 10.2. The fourth-order valence-electron chi connectivity index (χ4n) is 1.38. The van der Waals surface area contributed by atoms with Gasteiger partial charge in [0.2, 0.25) is 5.91 Å². The monoisotopic (exact) mass is 393 g/mol. The SMILES string of the molecule is COc1c(C=NN=C2NC(=O)CS2)ccc(I)c1F. The molecule has 1 heterocycles. The summed E-state index contributed by atoms with van der Waals surface area (Å²) in [5.74, 6) is -0.0606. The van der Waals surface area contributed by atoms with Crippen LogP contribution in [0.15, 0.2) is 22.3 Å². The third-order valence-corrected chi connectivity index (χ3v) is 3.91. The Morgan fingerprint density at radius 3 is 3.00 bits per heavy atom. The van der Waals surface area contributed by atoms with Gasteiger partial charge in [-0.15, -0.1) is 5.10 Å². The zero-order valence-corrected chi connectivity index (χ0v) is 12.8. The van der Waals surface area contributed by atoms with Gasteiger partial charge in [-0.2, -0.15) is 5.10 Å². The first-order valence-corrected chi connectivity index (χ1v) is 7.24. The fourth-order valence-corrected chi connectivity index (χ4v) is 2.43. The van der Waals surface area contributed by atoms with E-state index in [0.29, 0.717) is 20.1 Å². The van der Waals surface area contributed by atoms with Crippen LogP contribution in [0.25, 0.3) is 0 Å². The number of hydrogen-bond acceptors (Lipinski definition) is 5. The van der Waals surface area contributed by atoms with E-state index in [1.54, 1.807) is 12.1 Å². The first kappa shape index (κ1) is 14.3. The summed E-state index contributed by atoms with van der Waals surface area (Å²) in [6, 6.07) is 3.31. The van der Waals surface area contributed by atoms with Gasteiger partial charge in [0, 0.05) is 5.56 Å². The van der Waals surface area contributed by atoms with E-state index in [4.69, 9.17) is 4.74 Å². The molecule has 0 aliphatic carbocycles. The molecule has 1 aliphatic heterocycles. The highest BCUT2D eigenvalue weighted by atomic mass is 127. The van der Waals surface area contributed by atoms with E-state index in [1.165, 1.54) is 25.1 Å². The molecular formula is C11H9FIN3O2S. The van der Waals surface area contributed by atoms with Crippen LogP contribution in [-0.4, -0.2) is 30.2 Å². The smallest absolute Gasteiger partial charge is 0.236 e. The Labute approximate surface area is 126 Å². The lowest BCUT2D eigenvalue weighted by Gasteiger charge is -2.06. The minimum Gasteiger partial charge on any atom is -0.493 e. The molecule has 0 spiro atoms. The van der Waals surface area contributed by atoms with E-state index in [9.17, 15) is 9.18 Å². The second-order valence-corrected chi connectivity index (χ2v) is 5.60. The lowest BCUT2D eigenvalue weighted by Crippen LogP contribution is -2.19. The van der Waals surface area contributed by atoms with Crippen molar-refractivity contribution in [1.82, 2.24) is 5.32 Å². The van der Waals surface area contributed by atoms with Crippen molar-refractivity contribution in [2.24, 2.45) is 10.2 Å². The third-order valence-electron chi connectivity index (χ3n) is 2.22. The highest BCUT2D eigenvalue weighted by molar-refractivity contribution is 14.1. The van der Waals surface area contributed by atoms with Crippen LogP contribution in [0.4, 0.5) is 4.39 Å². The molecule has 0 aromatic heterocycles. The van der Waals surface area contributed by atoms with Crippen molar-refractivity contribution in [2.45, 2.75) is 0 Å². The molecule has 100 valence electrons. The summed E-state index contributed by atoms with van der Waals surface area (Å²) in [7, 11) is 1.39. The molecule has 1 N–H and O–H groups in total. The van der Waals surface area contributed by atoms with Crippen LogP contribution in [0.3, 0.4) is 0 Å². The van der Waals surface area contributed by atoms with E-state index >= 15 is 0 Å². The molecule has 1 aromatic carbocycles. The standard InChI is InChI=1S/C11H9FIN3O2S/c1-18-10-6(2-3-7(13)9(10)12)4-14-16-11-15-8(17)5-19-11/h2-4H,5H2,1H3,(H,15,16,17). The number of halogens is 2. The summed E-state index contributed by atoms with van der Waals surface area (Å²) < 4.78 is 19.2. The van der Waals surface area contributed by atoms with E-state index in [1.807, 2.05) is 22.6 Å². The second-order valence-electron chi connectivity index (χ2n) is 3.47. The Balaban J connectivity index is 2.19. The van der Waals surface area contributed by atoms with Gasteiger partial charge in [0.1, 0.15) is 0 Å². The predicted molar refractivity (Wildman–Crippen MR) is 81.3 cm³/mol. The number of nitrogens with zero attached hydrogens (tertiary/aromatic N) is 2. The summed E-state index contributed by atoms with van der Waals surface area (Å²) in [4.78, 5) is 10.9. The number of nitrogens with one attached hydrogen (secondary N) is 1. The van der Waals surface area contributed by atoms with Crippen LogP contribution in [-0.2, 0) is 4.79 Å². The maximum atomic E-state index is 13.8. The van der Waals surface area contributed by atoms with Crippen molar-refractivity contribution in [3.63, 3.8) is 0 Å². The average molecular weight is 393 g/mol. The molecule has 1 aliphatic rings. The number of carbonyl (C=O) groups excluding carboxylic acids is 1. The summed E-state index contributed by atoms with van der Waals surface area (Å²) in [6.07, 6.45) is 1.38. The zero-order chi connectivity index (χ0) is 13.8. The number of rotatable bonds is 3. The van der Waals surface area contributed by atoms with E-state index in [0.717, 1.165) is 0 Å². The molecule has 8 heteroatoms. The topological polar surface area (TPSA) is 63.1 Å². The van der Waals surface area contributed by atoms with Gasteiger partial charge in [0.05, 0.1) is 22.6 Å². The Kier molecular flexibility index (Phi) is 4.75. The average Bonchev–Trinajstić information content (AvgIpc) is 2.80. The zero-order valence-electron chi connectivity index (χ0n) is 9.81. The van der Waals surface area contributed by atoms with Gasteiger partial charge in [-0.05, 0) is 34.7 Å². The molecule has 5 nitrogen and oxygen atoms in total. The number of methoxy groups -OCH3 is 1. The second kappa shape index (κ2) is 6.33. The molecule has 1 fully saturated rings. The minimum atomic E-state index is -0.428. The maximum Gasteiger partial charge on any atom is 0.236 e. The molecule has 0 radical (unpaired) electrons. The van der Waals surface area contributed by atoms with Crippen LogP contribution >= 0.6 is 34.4 Å². The van der Waals surface area contributed by atoms with Crippen LogP contribution in [0.5, 0.6) is 5.75 Å². The number of carbonyl (C=O) groups is 1. The number of benzene rings is 1. The fraction of sp³-hybridized carbons (Fsp3) is 0.182. The first-order chi connectivity index (χ1) is 9.11. The molecular weight excluding hydrogens is 384 g/mol. The predicted octanol–water partition coefficient (Wildman–Crippen LogP) is 1.99. The van der Waals surface area contributed by atoms with Crippen molar-refractivity contribution >= 4 is 51.6 Å².